The van der Waals surface area contributed by atoms with Crippen LogP contribution in [0.2, 0.25) is 0 Å². The molecule has 2 fully saturated rings. The third-order valence-corrected chi connectivity index (χ3v) is 7.54. The van der Waals surface area contributed by atoms with Gasteiger partial charge < -0.3 is 10.6 Å². The van der Waals surface area contributed by atoms with Gasteiger partial charge in [-0.2, -0.15) is 11.8 Å². The zero-order valence-corrected chi connectivity index (χ0v) is 17.9. The maximum Gasteiger partial charge on any atom is 0.191 e. The maximum absolute atomic E-state index is 4.79. The molecule has 2 heterocycles. The van der Waals surface area contributed by atoms with Crippen LogP contribution in [0.5, 0.6) is 0 Å². The molecule has 0 aromatic carbocycles. The van der Waals surface area contributed by atoms with Crippen LogP contribution in [0.15, 0.2) is 11.2 Å². The summed E-state index contributed by atoms with van der Waals surface area (Å²) < 4.78 is 0. The Hall–Kier alpha value is -0.790. The normalized spacial score (nSPS) is 21.1. The van der Waals surface area contributed by atoms with Crippen molar-refractivity contribution in [2.24, 2.45) is 4.99 Å². The third-order valence-electron chi connectivity index (χ3n) is 5.47. The van der Waals surface area contributed by atoms with E-state index in [1.165, 1.54) is 55.2 Å². The van der Waals surface area contributed by atoms with Crippen LogP contribution < -0.4 is 10.6 Å². The molecule has 1 aromatic rings. The highest BCUT2D eigenvalue weighted by Crippen LogP contribution is 2.36. The van der Waals surface area contributed by atoms with Gasteiger partial charge in [0.05, 0.1) is 6.54 Å². The second kappa shape index (κ2) is 9.95. The number of aromatic nitrogens is 1. The summed E-state index contributed by atoms with van der Waals surface area (Å²) in [6, 6.07) is 0. The SMILES string of the molecule is CCNC(=NCc1ncc(CC)s1)NCC1(N2CCSCC2)CCCC1. The van der Waals surface area contributed by atoms with Gasteiger partial charge in [-0.25, -0.2) is 9.98 Å². The number of aliphatic imine (C=N–C) groups is 1. The van der Waals surface area contributed by atoms with Crippen LogP contribution in [0.25, 0.3) is 0 Å². The number of aryl methyl sites for hydroxylation is 1. The molecular weight excluding hydrogens is 362 g/mol. The van der Waals surface area contributed by atoms with Crippen LogP contribution in [-0.2, 0) is 13.0 Å². The van der Waals surface area contributed by atoms with E-state index >= 15 is 0 Å². The van der Waals surface area contributed by atoms with Crippen molar-refractivity contribution >= 4 is 29.1 Å². The van der Waals surface area contributed by atoms with Crippen molar-refractivity contribution in [2.45, 2.75) is 58.0 Å². The number of thiazole rings is 1. The minimum Gasteiger partial charge on any atom is -0.357 e. The molecule has 7 heteroatoms. The number of nitrogens with zero attached hydrogens (tertiary/aromatic N) is 3. The predicted octanol–water partition coefficient (Wildman–Crippen LogP) is 3.12. The molecule has 1 saturated heterocycles. The Balaban J connectivity index is 1.61. The predicted molar refractivity (Wildman–Crippen MR) is 114 cm³/mol. The van der Waals surface area contributed by atoms with Gasteiger partial charge in [-0.05, 0) is 26.2 Å². The molecule has 0 bridgehead atoms. The van der Waals surface area contributed by atoms with Crippen molar-refractivity contribution in [3.8, 4) is 0 Å². The Kier molecular flexibility index (Phi) is 7.64. The van der Waals surface area contributed by atoms with Crippen molar-refractivity contribution in [1.82, 2.24) is 20.5 Å². The zero-order chi connectivity index (χ0) is 18.2. The molecule has 5 nitrogen and oxygen atoms in total. The van der Waals surface area contributed by atoms with Gasteiger partial charge in [-0.3, -0.25) is 4.90 Å². The molecule has 0 atom stereocenters. The largest absolute Gasteiger partial charge is 0.357 e. The highest BCUT2D eigenvalue weighted by atomic mass is 32.2. The fourth-order valence-electron chi connectivity index (χ4n) is 4.00. The molecule has 1 saturated carbocycles. The lowest BCUT2D eigenvalue weighted by Crippen LogP contribution is -2.57. The van der Waals surface area contributed by atoms with Crippen LogP contribution in [0, 0.1) is 0 Å². The summed E-state index contributed by atoms with van der Waals surface area (Å²) in [7, 11) is 0. The molecule has 1 aromatic heterocycles. The molecule has 0 spiro atoms. The minimum atomic E-state index is 0.327. The van der Waals surface area contributed by atoms with Gasteiger partial charge in [0.1, 0.15) is 5.01 Å². The van der Waals surface area contributed by atoms with E-state index in [9.17, 15) is 0 Å². The highest BCUT2D eigenvalue weighted by molar-refractivity contribution is 7.99. The van der Waals surface area contributed by atoms with E-state index < -0.39 is 0 Å². The van der Waals surface area contributed by atoms with Gasteiger partial charge in [0.15, 0.2) is 5.96 Å². The number of rotatable bonds is 7. The Morgan fingerprint density at radius 2 is 2.00 bits per heavy atom. The van der Waals surface area contributed by atoms with Gasteiger partial charge in [0.25, 0.3) is 0 Å². The number of thioether (sulfide) groups is 1. The standard InChI is InChI=1S/C19H33N5S2/c1-3-16-13-21-17(26-16)14-22-18(20-4-2)23-15-19(7-5-6-8-19)24-9-11-25-12-10-24/h13H,3-12,14-15H2,1-2H3,(H2,20,22,23). The summed E-state index contributed by atoms with van der Waals surface area (Å²) in [5.74, 6) is 3.48. The van der Waals surface area contributed by atoms with E-state index in [-0.39, 0.29) is 0 Å². The van der Waals surface area contributed by atoms with Crippen LogP contribution >= 0.6 is 23.1 Å². The molecule has 2 aliphatic rings. The fraction of sp³-hybridized carbons (Fsp3) is 0.789. The van der Waals surface area contributed by atoms with Gasteiger partial charge in [-0.1, -0.05) is 19.8 Å². The van der Waals surface area contributed by atoms with E-state index in [0.717, 1.165) is 30.5 Å². The zero-order valence-electron chi connectivity index (χ0n) is 16.2. The molecule has 0 radical (unpaired) electrons. The van der Waals surface area contributed by atoms with Crippen LogP contribution in [0.3, 0.4) is 0 Å². The Morgan fingerprint density at radius 3 is 2.65 bits per heavy atom. The molecule has 2 N–H and O–H groups in total. The Bertz CT molecular complexity index is 574. The second-order valence-electron chi connectivity index (χ2n) is 7.15. The quantitative estimate of drug-likeness (QED) is 0.549. The molecule has 3 rings (SSSR count). The summed E-state index contributed by atoms with van der Waals surface area (Å²) in [6.45, 7) is 9.32. The van der Waals surface area contributed by atoms with Crippen molar-refractivity contribution in [3.05, 3.63) is 16.1 Å². The summed E-state index contributed by atoms with van der Waals surface area (Å²) in [5, 5.41) is 8.17. The molecule has 1 aliphatic carbocycles. The third kappa shape index (κ3) is 5.14. The first-order valence-corrected chi connectivity index (χ1v) is 12.0. The van der Waals surface area contributed by atoms with Crippen LogP contribution in [0.1, 0.15) is 49.4 Å². The van der Waals surface area contributed by atoms with Crippen molar-refractivity contribution in [1.29, 1.82) is 0 Å². The smallest absolute Gasteiger partial charge is 0.191 e. The van der Waals surface area contributed by atoms with Crippen molar-refractivity contribution < 1.29 is 0 Å². The first-order chi connectivity index (χ1) is 12.8. The molecule has 0 amide bonds. The van der Waals surface area contributed by atoms with E-state index in [1.54, 1.807) is 11.3 Å². The summed E-state index contributed by atoms with van der Waals surface area (Å²) >= 11 is 3.87. The van der Waals surface area contributed by atoms with E-state index in [0.29, 0.717) is 12.1 Å². The lowest BCUT2D eigenvalue weighted by molar-refractivity contribution is 0.107. The highest BCUT2D eigenvalue weighted by Gasteiger charge is 2.39. The van der Waals surface area contributed by atoms with Gasteiger partial charge in [-0.15, -0.1) is 11.3 Å². The number of guanidine groups is 1. The number of hydrogen-bond donors (Lipinski definition) is 2. The molecule has 1 aliphatic heterocycles. The Labute approximate surface area is 166 Å². The van der Waals surface area contributed by atoms with Gasteiger partial charge >= 0.3 is 0 Å². The van der Waals surface area contributed by atoms with Gasteiger partial charge in [0, 0.05) is 54.3 Å². The van der Waals surface area contributed by atoms with Gasteiger partial charge in [0.2, 0.25) is 0 Å². The molecule has 26 heavy (non-hydrogen) atoms. The molecule has 146 valence electrons. The lowest BCUT2D eigenvalue weighted by atomic mass is 9.94. The van der Waals surface area contributed by atoms with E-state index in [2.05, 4.69) is 46.1 Å². The van der Waals surface area contributed by atoms with E-state index in [4.69, 9.17) is 4.99 Å². The second-order valence-corrected chi connectivity index (χ2v) is 9.58. The fourth-order valence-corrected chi connectivity index (χ4v) is 5.69. The van der Waals surface area contributed by atoms with Crippen LogP contribution in [-0.4, -0.2) is 59.1 Å². The van der Waals surface area contributed by atoms with Crippen LogP contribution in [0.4, 0.5) is 0 Å². The first kappa shape index (κ1) is 20.0. The Morgan fingerprint density at radius 1 is 1.23 bits per heavy atom. The maximum atomic E-state index is 4.79. The molecular formula is C19H33N5S2. The summed E-state index contributed by atoms with van der Waals surface area (Å²) in [5.41, 5.74) is 0.327. The van der Waals surface area contributed by atoms with Crippen molar-refractivity contribution in [2.75, 3.05) is 37.7 Å². The lowest BCUT2D eigenvalue weighted by Gasteiger charge is -2.43. The number of hydrogen-bond acceptors (Lipinski definition) is 5. The number of nitrogens with one attached hydrogen (secondary N) is 2. The average Bonchev–Trinajstić information content (AvgIpc) is 3.35. The first-order valence-electron chi connectivity index (χ1n) is 10.0. The minimum absolute atomic E-state index is 0.327. The topological polar surface area (TPSA) is 52.6 Å². The van der Waals surface area contributed by atoms with Crippen molar-refractivity contribution in [3.63, 3.8) is 0 Å². The summed E-state index contributed by atoms with van der Waals surface area (Å²) in [4.78, 5) is 13.4. The summed E-state index contributed by atoms with van der Waals surface area (Å²) in [6.07, 6.45) is 8.39. The molecule has 0 unspecified atom stereocenters. The van der Waals surface area contributed by atoms with E-state index in [1.807, 2.05) is 6.20 Å². The monoisotopic (exact) mass is 395 g/mol. The average molecular weight is 396 g/mol.